The van der Waals surface area contributed by atoms with Crippen LogP contribution in [0.25, 0.3) is 56.5 Å². The average Bonchev–Trinajstić information content (AvgIpc) is 1.58. The maximum Gasteiger partial charge on any atom is 1.00 e. The monoisotopic (exact) mass is 1430 g/mol. The molecule has 29 heteroatoms. The van der Waals surface area contributed by atoms with Crippen LogP contribution >= 0.6 is 0 Å². The number of amides is 2. The minimum atomic E-state index is -4.08. The third-order valence-corrected chi connectivity index (χ3v) is 21.4. The average molecular weight is 1430 g/mol. The van der Waals surface area contributed by atoms with E-state index in [1.54, 1.807) is 44.6 Å². The van der Waals surface area contributed by atoms with Gasteiger partial charge in [-0.05, 0) is 145 Å². The van der Waals surface area contributed by atoms with Crippen molar-refractivity contribution in [3.8, 4) is 34.0 Å². The van der Waals surface area contributed by atoms with E-state index in [0.29, 0.717) is 41.6 Å². The smallest absolute Gasteiger partial charge is 0.870 e. The van der Waals surface area contributed by atoms with E-state index >= 15 is 0 Å². The first-order valence-corrected chi connectivity index (χ1v) is 36.6. The summed E-state index contributed by atoms with van der Waals surface area (Å²) in [4.78, 5) is 56.3. The molecular formula is C71H96N10NaO16S2-. The molecule has 540 valence electrons. The maximum absolute atomic E-state index is 13.3. The number of carbonyl (C=O) groups is 4. The second-order valence-corrected chi connectivity index (χ2v) is 28.5. The zero-order valence-electron chi connectivity index (χ0n) is 56.9. The Bertz CT molecular complexity index is 4130. The Morgan fingerprint density at radius 1 is 0.580 bits per heavy atom. The first kappa shape index (κ1) is 80.7. The minimum absolute atomic E-state index is 0. The third kappa shape index (κ3) is 19.4. The number of piperazine rings is 2. The molecule has 1 unspecified atom stereocenters. The molecule has 0 spiro atoms. The number of hydrogen-bond acceptors (Lipinski definition) is 19. The van der Waals surface area contributed by atoms with Crippen molar-refractivity contribution in [3.05, 3.63) is 117 Å². The molecule has 1 atom stereocenters. The van der Waals surface area contributed by atoms with Gasteiger partial charge in [0.2, 0.25) is 0 Å². The molecule has 5 fully saturated rings. The zero-order valence-corrected chi connectivity index (χ0v) is 60.5. The SMILES string of the molecule is C.COC(=O)C1=Cc2cc(OC)ccc2-c2c(C3CCCCC3)c3ccc(C(=O)NS(=O)(=O)NCCN4CCNCC4)cc3n2C1.COc1ccc2c(c1)C=C(C(=O)O)Cn1c-2c(C2CCCCC2)c2ccc(C(=O)NS(=O)(=O)NCCN3CCNCC3)cc21.OCC1CCCO1.[Na+].[OH-].[OH-]. The topological polar surface area (TPSA) is 362 Å². The number of carboxylic acids is 1. The number of nitrogens with zero attached hydrogens (tertiary/aromatic N) is 4. The van der Waals surface area contributed by atoms with Gasteiger partial charge in [0.25, 0.3) is 11.8 Å². The molecule has 2 aromatic heterocycles. The fourth-order valence-electron chi connectivity index (χ4n) is 14.5. The summed E-state index contributed by atoms with van der Waals surface area (Å²) in [5, 5.41) is 27.1. The predicted molar refractivity (Wildman–Crippen MR) is 379 cm³/mol. The number of carboxylic acid groups (broad SMARTS) is 1. The van der Waals surface area contributed by atoms with Crippen molar-refractivity contribution in [2.45, 2.75) is 116 Å². The van der Waals surface area contributed by atoms with E-state index in [2.05, 4.69) is 43.9 Å². The van der Waals surface area contributed by atoms with Crippen molar-refractivity contribution in [1.82, 2.24) is 48.5 Å². The summed E-state index contributed by atoms with van der Waals surface area (Å²) in [6.45, 7) is 9.72. The first-order valence-electron chi connectivity index (χ1n) is 33.6. The quantitative estimate of drug-likeness (QED) is 0.0417. The van der Waals surface area contributed by atoms with Gasteiger partial charge in [-0.3, -0.25) is 19.4 Å². The molecule has 0 radical (unpaired) electrons. The second-order valence-electron chi connectivity index (χ2n) is 25.5. The second kappa shape index (κ2) is 37.0. The number of aliphatic hydroxyl groups is 1. The largest absolute Gasteiger partial charge is 1.00 e. The number of nitrogens with one attached hydrogen (secondary N) is 6. The van der Waals surface area contributed by atoms with Crippen molar-refractivity contribution in [2.24, 2.45) is 0 Å². The number of carbonyl (C=O) groups excluding carboxylic acids is 3. The molecule has 2 amide bonds. The van der Waals surface area contributed by atoms with Gasteiger partial charge in [-0.25, -0.2) is 19.0 Å². The molecule has 100 heavy (non-hydrogen) atoms. The molecule has 5 aliphatic heterocycles. The zero-order chi connectivity index (χ0) is 67.5. The van der Waals surface area contributed by atoms with E-state index in [4.69, 9.17) is 24.1 Å². The molecule has 3 saturated heterocycles. The van der Waals surface area contributed by atoms with Crippen LogP contribution in [-0.4, -0.2) is 200 Å². The molecule has 4 aromatic carbocycles. The van der Waals surface area contributed by atoms with Gasteiger partial charge in [-0.15, -0.1) is 0 Å². The van der Waals surface area contributed by atoms with E-state index in [-0.39, 0.29) is 109 Å². The Morgan fingerprint density at radius 3 is 1.39 bits per heavy atom. The number of aliphatic carboxylic acids is 1. The van der Waals surface area contributed by atoms with E-state index in [1.165, 1.54) is 25.5 Å². The fourth-order valence-corrected chi connectivity index (χ4v) is 16.1. The van der Waals surface area contributed by atoms with Crippen LogP contribution in [0.5, 0.6) is 11.5 Å². The summed E-state index contributed by atoms with van der Waals surface area (Å²) < 4.78 is 85.7. The number of methoxy groups -OCH3 is 3. The molecular weight excluding hydrogens is 1340 g/mol. The number of hydrogen-bond donors (Lipinski definition) is 8. The number of aromatic nitrogens is 2. The van der Waals surface area contributed by atoms with Crippen LogP contribution in [0.1, 0.15) is 139 Å². The molecule has 7 aliphatic rings. The number of fused-ring (bicyclic) bond motifs is 10. The Hall–Kier alpha value is -6.58. The van der Waals surface area contributed by atoms with Crippen LogP contribution in [0.4, 0.5) is 0 Å². The number of rotatable bonds is 19. The Kier molecular flexibility index (Phi) is 29.9. The van der Waals surface area contributed by atoms with Gasteiger partial charge in [-0.2, -0.15) is 26.3 Å². The number of benzene rings is 4. The molecule has 13 rings (SSSR count). The van der Waals surface area contributed by atoms with Crippen LogP contribution in [0.3, 0.4) is 0 Å². The summed E-state index contributed by atoms with van der Waals surface area (Å²) in [7, 11) is -3.59. The molecule has 7 heterocycles. The van der Waals surface area contributed by atoms with E-state index in [9.17, 15) is 41.1 Å². The Balaban J connectivity index is 0.000000246. The van der Waals surface area contributed by atoms with E-state index < -0.39 is 44.2 Å². The molecule has 2 aliphatic carbocycles. The van der Waals surface area contributed by atoms with Crippen molar-refractivity contribution >= 4 is 78.1 Å². The van der Waals surface area contributed by atoms with Crippen molar-refractivity contribution in [2.75, 3.05) is 113 Å². The van der Waals surface area contributed by atoms with Crippen LogP contribution < -0.4 is 68.6 Å². The summed E-state index contributed by atoms with van der Waals surface area (Å²) in [5.41, 5.74) is 10.3. The van der Waals surface area contributed by atoms with Gasteiger partial charge in [0.05, 0.1) is 69.7 Å². The Labute approximate surface area is 608 Å². The van der Waals surface area contributed by atoms with Crippen molar-refractivity contribution in [1.29, 1.82) is 0 Å². The molecule has 0 bridgehead atoms. The molecule has 26 nitrogen and oxygen atoms in total. The summed E-state index contributed by atoms with van der Waals surface area (Å²) >= 11 is 0. The summed E-state index contributed by atoms with van der Waals surface area (Å²) in [6.07, 6.45) is 16.9. The van der Waals surface area contributed by atoms with Crippen molar-refractivity contribution < 1.29 is 106 Å². The van der Waals surface area contributed by atoms with E-state index in [0.717, 1.165) is 179 Å². The standard InChI is InChI=1S/C33H41N5O6S.C32H39N5O6S.C5H10O2.CH4.Na.2H2O/c1-43-26-9-11-27-24(19-26)18-25(33(40)44-2)21-38-29-20-23(8-10-28(29)30(31(27)38)22-6-4-3-5-7-22)32(39)36-45(41,42)35-14-17-37-15-12-34-13-16-37;1-43-25-8-10-26-23(18-25)17-24(32(39)40)20-37-28-19-22(7-9-27(28)29(30(26)37)21-5-3-2-4-6-21)31(38)35-44(41,42)34-13-16-36-14-11-33-12-15-36;6-4-5-2-1-3-7-5;;;;/h8-11,18-20,22,34-35H,3-7,12-17,21H2,1-2H3,(H,36,39);7-10,17-19,21,33-34H,2-6,11-16,20H2,1H3,(H,35,38)(H,39,40);5-6H,1-4H2;1H4;;2*1H2/q;;;;+1;;/p-2. The normalized spacial score (nSPS) is 17.9. The van der Waals surface area contributed by atoms with E-state index in [1.807, 2.05) is 59.2 Å². The summed E-state index contributed by atoms with van der Waals surface area (Å²) in [5.74, 6) is -1.03. The van der Waals surface area contributed by atoms with Gasteiger partial charge >= 0.3 is 61.9 Å². The predicted octanol–water partition coefficient (Wildman–Crippen LogP) is 4.16. The fraction of sp³-hybridized carbons (Fsp3) is 0.493. The number of aliphatic hydroxyl groups excluding tert-OH is 1. The summed E-state index contributed by atoms with van der Waals surface area (Å²) in [6, 6.07) is 22.1. The third-order valence-electron chi connectivity index (χ3n) is 19.4. The van der Waals surface area contributed by atoms with Crippen LogP contribution in [0.15, 0.2) is 83.9 Å². The van der Waals surface area contributed by atoms with Gasteiger partial charge in [-0.1, -0.05) is 58.1 Å². The first-order chi connectivity index (χ1) is 46.4. The number of ether oxygens (including phenoxy) is 4. The van der Waals surface area contributed by atoms with Crippen LogP contribution in [0.2, 0.25) is 0 Å². The minimum Gasteiger partial charge on any atom is -0.870 e. The van der Waals surface area contributed by atoms with Gasteiger partial charge < -0.3 is 59.9 Å². The molecule has 2 saturated carbocycles. The van der Waals surface area contributed by atoms with Crippen molar-refractivity contribution in [3.63, 3.8) is 0 Å². The Morgan fingerprint density at radius 2 is 1.01 bits per heavy atom. The van der Waals surface area contributed by atoms with Crippen LogP contribution in [-0.2, 0) is 52.6 Å². The molecule has 6 aromatic rings. The van der Waals surface area contributed by atoms with Gasteiger partial charge in [0.15, 0.2) is 0 Å². The molecule has 10 N–H and O–H groups in total. The van der Waals surface area contributed by atoms with Gasteiger partial charge in [0, 0.05) is 129 Å². The van der Waals surface area contributed by atoms with Gasteiger partial charge in [0.1, 0.15) is 11.5 Å². The maximum atomic E-state index is 13.3. The van der Waals surface area contributed by atoms with Crippen LogP contribution in [0, 0.1) is 0 Å². The number of esters is 1.